The van der Waals surface area contributed by atoms with Crippen LogP contribution in [0.1, 0.15) is 68.2 Å². The van der Waals surface area contributed by atoms with Crippen LogP contribution >= 0.6 is 0 Å². The maximum Gasteiger partial charge on any atom is 0.0939 e. The molecule has 3 aliphatic heterocycles. The summed E-state index contributed by atoms with van der Waals surface area (Å²) in [5, 5.41) is 3.22. The summed E-state index contributed by atoms with van der Waals surface area (Å²) < 4.78 is 10.6. The fraction of sp³-hybridized carbons (Fsp3) is 0.931. The van der Waals surface area contributed by atoms with Gasteiger partial charge in [-0.2, -0.15) is 0 Å². The summed E-state index contributed by atoms with van der Waals surface area (Å²) in [6, 6.07) is 0. The van der Waals surface area contributed by atoms with Gasteiger partial charge in [0.05, 0.1) is 32.2 Å². The van der Waals surface area contributed by atoms with Crippen LogP contribution in [0.15, 0.2) is 12.4 Å². The summed E-state index contributed by atoms with van der Waals surface area (Å²) in [5.74, 6) is 3.47. The SMILES string of the molecule is C=C1NCCN1CCC(C)C.CC(C)C(C)(C)CN1CCOCC1.CC(C)CCN1CCOCC1. The highest BCUT2D eigenvalue weighted by atomic mass is 16.5. The largest absolute Gasteiger partial charge is 0.379 e. The quantitative estimate of drug-likeness (QED) is 0.496. The Hall–Kier alpha value is -0.820. The molecule has 35 heavy (non-hydrogen) atoms. The van der Waals surface area contributed by atoms with E-state index < -0.39 is 0 Å². The van der Waals surface area contributed by atoms with E-state index in [1.165, 1.54) is 25.9 Å². The van der Waals surface area contributed by atoms with Crippen molar-refractivity contribution in [3.63, 3.8) is 0 Å². The molecular weight excluding hydrogens is 436 g/mol. The summed E-state index contributed by atoms with van der Waals surface area (Å²) in [5.41, 5.74) is 0.428. The molecule has 0 spiro atoms. The minimum Gasteiger partial charge on any atom is -0.379 e. The van der Waals surface area contributed by atoms with Crippen LogP contribution in [-0.2, 0) is 9.47 Å². The second-order valence-electron chi connectivity index (χ2n) is 12.2. The second-order valence-corrected chi connectivity index (χ2v) is 12.2. The molecule has 6 nitrogen and oxygen atoms in total. The third-order valence-corrected chi connectivity index (χ3v) is 7.49. The van der Waals surface area contributed by atoms with Crippen molar-refractivity contribution < 1.29 is 9.47 Å². The van der Waals surface area contributed by atoms with Crippen molar-refractivity contribution in [2.45, 2.75) is 68.2 Å². The molecule has 0 bridgehead atoms. The fourth-order valence-corrected chi connectivity index (χ4v) is 4.03. The molecule has 0 aliphatic carbocycles. The van der Waals surface area contributed by atoms with Crippen molar-refractivity contribution in [2.75, 3.05) is 85.3 Å². The summed E-state index contributed by atoms with van der Waals surface area (Å²) >= 11 is 0. The lowest BCUT2D eigenvalue weighted by Gasteiger charge is -2.37. The molecule has 6 heteroatoms. The number of ether oxygens (including phenoxy) is 2. The number of hydrogen-bond donors (Lipinski definition) is 1. The Morgan fingerprint density at radius 1 is 0.771 bits per heavy atom. The number of morpholine rings is 2. The van der Waals surface area contributed by atoms with Crippen LogP contribution in [0, 0.1) is 23.2 Å². The lowest BCUT2D eigenvalue weighted by molar-refractivity contribution is 0.0137. The van der Waals surface area contributed by atoms with Gasteiger partial charge in [-0.15, -0.1) is 0 Å². The van der Waals surface area contributed by atoms with Crippen LogP contribution in [0.4, 0.5) is 0 Å². The van der Waals surface area contributed by atoms with Gasteiger partial charge in [0.1, 0.15) is 0 Å². The molecule has 3 heterocycles. The zero-order chi connectivity index (χ0) is 26.3. The van der Waals surface area contributed by atoms with Crippen molar-refractivity contribution >= 4 is 0 Å². The first kappa shape index (κ1) is 32.2. The van der Waals surface area contributed by atoms with E-state index in [0.29, 0.717) is 5.41 Å². The average Bonchev–Trinajstić information content (AvgIpc) is 3.23. The Morgan fingerprint density at radius 2 is 1.26 bits per heavy atom. The summed E-state index contributed by atoms with van der Waals surface area (Å²) in [6.45, 7) is 36.3. The Labute approximate surface area is 218 Å². The number of nitrogens with one attached hydrogen (secondary N) is 1. The van der Waals surface area contributed by atoms with Crippen molar-refractivity contribution in [3.8, 4) is 0 Å². The van der Waals surface area contributed by atoms with Gasteiger partial charge in [0, 0.05) is 52.4 Å². The monoisotopic (exact) mass is 496 g/mol. The van der Waals surface area contributed by atoms with Crippen LogP contribution < -0.4 is 5.32 Å². The maximum atomic E-state index is 5.33. The van der Waals surface area contributed by atoms with Gasteiger partial charge < -0.3 is 19.7 Å². The van der Waals surface area contributed by atoms with E-state index in [0.717, 1.165) is 95.8 Å². The summed E-state index contributed by atoms with van der Waals surface area (Å²) in [7, 11) is 0. The van der Waals surface area contributed by atoms with Crippen LogP contribution in [0.3, 0.4) is 0 Å². The van der Waals surface area contributed by atoms with E-state index in [2.05, 4.69) is 82.0 Å². The highest BCUT2D eigenvalue weighted by molar-refractivity contribution is 4.96. The first-order valence-corrected chi connectivity index (χ1v) is 14.3. The topological polar surface area (TPSA) is 40.2 Å². The summed E-state index contributed by atoms with van der Waals surface area (Å²) in [4.78, 5) is 7.33. The average molecular weight is 497 g/mol. The molecule has 0 aromatic heterocycles. The van der Waals surface area contributed by atoms with Gasteiger partial charge >= 0.3 is 0 Å². The predicted molar refractivity (Wildman–Crippen MR) is 151 cm³/mol. The van der Waals surface area contributed by atoms with E-state index in [1.807, 2.05) is 0 Å². The number of rotatable bonds is 9. The highest BCUT2D eigenvalue weighted by Crippen LogP contribution is 2.27. The highest BCUT2D eigenvalue weighted by Gasteiger charge is 2.26. The molecule has 3 fully saturated rings. The van der Waals surface area contributed by atoms with Crippen LogP contribution in [0.25, 0.3) is 0 Å². The normalized spacial score (nSPS) is 20.0. The number of hydrogen-bond acceptors (Lipinski definition) is 6. The van der Waals surface area contributed by atoms with Crippen LogP contribution in [-0.4, -0.2) is 100 Å². The summed E-state index contributed by atoms with van der Waals surface area (Å²) in [6.07, 6.45) is 2.58. The lowest BCUT2D eigenvalue weighted by Crippen LogP contribution is -2.43. The molecule has 1 N–H and O–H groups in total. The smallest absolute Gasteiger partial charge is 0.0939 e. The van der Waals surface area contributed by atoms with Gasteiger partial charge in [-0.25, -0.2) is 0 Å². The van der Waals surface area contributed by atoms with Crippen LogP contribution in [0.2, 0.25) is 0 Å². The zero-order valence-electron chi connectivity index (χ0n) is 24.7. The first-order chi connectivity index (χ1) is 16.5. The third-order valence-electron chi connectivity index (χ3n) is 7.49. The molecule has 0 atom stereocenters. The fourth-order valence-electron chi connectivity index (χ4n) is 4.03. The van der Waals surface area contributed by atoms with Gasteiger partial charge in [-0.05, 0) is 42.6 Å². The van der Waals surface area contributed by atoms with Gasteiger partial charge in [0.2, 0.25) is 0 Å². The van der Waals surface area contributed by atoms with Gasteiger partial charge in [-0.3, -0.25) is 9.80 Å². The minimum atomic E-state index is 0.428. The standard InChI is InChI=1S/C11H23NO.C9H18N2.C9H19NO/c1-10(2)11(3,4)9-12-5-7-13-8-6-12;1-8(2)4-6-11-7-5-10-9(11)3;1-9(2)3-4-10-5-7-11-8-6-10/h10H,5-9H2,1-4H3;8,10H,3-7H2,1-2H3;9H,3-8H2,1-2H3. The van der Waals surface area contributed by atoms with Gasteiger partial charge in [0.25, 0.3) is 0 Å². The predicted octanol–water partition coefficient (Wildman–Crippen LogP) is 4.77. The first-order valence-electron chi connectivity index (χ1n) is 14.3. The van der Waals surface area contributed by atoms with E-state index in [4.69, 9.17) is 9.47 Å². The molecule has 3 aliphatic rings. The maximum absolute atomic E-state index is 5.33. The van der Waals surface area contributed by atoms with Crippen molar-refractivity contribution in [3.05, 3.63) is 12.4 Å². The van der Waals surface area contributed by atoms with E-state index in [9.17, 15) is 0 Å². The Kier molecular flexibility index (Phi) is 16.2. The molecule has 0 radical (unpaired) electrons. The molecule has 0 aromatic rings. The Balaban J connectivity index is 0.000000264. The van der Waals surface area contributed by atoms with Crippen LogP contribution in [0.5, 0.6) is 0 Å². The van der Waals surface area contributed by atoms with Crippen molar-refractivity contribution in [1.82, 2.24) is 20.0 Å². The van der Waals surface area contributed by atoms with Crippen molar-refractivity contribution in [2.24, 2.45) is 23.2 Å². The molecular formula is C29H60N4O2. The van der Waals surface area contributed by atoms with E-state index in [-0.39, 0.29) is 0 Å². The third kappa shape index (κ3) is 15.1. The Bertz CT molecular complexity index is 539. The van der Waals surface area contributed by atoms with Crippen molar-refractivity contribution in [1.29, 1.82) is 0 Å². The minimum absolute atomic E-state index is 0.428. The Morgan fingerprint density at radius 3 is 1.69 bits per heavy atom. The lowest BCUT2D eigenvalue weighted by atomic mass is 9.80. The zero-order valence-corrected chi connectivity index (χ0v) is 24.7. The molecule has 0 unspecified atom stereocenters. The molecule has 208 valence electrons. The molecule has 3 rings (SSSR count). The molecule has 0 aromatic carbocycles. The molecule has 0 amide bonds. The van der Waals surface area contributed by atoms with E-state index in [1.54, 1.807) is 0 Å². The number of nitrogens with zero attached hydrogens (tertiary/aromatic N) is 3. The molecule has 3 saturated heterocycles. The van der Waals surface area contributed by atoms with E-state index >= 15 is 0 Å². The van der Waals surface area contributed by atoms with Gasteiger partial charge in [0.15, 0.2) is 0 Å². The van der Waals surface area contributed by atoms with Gasteiger partial charge in [-0.1, -0.05) is 62.0 Å². The molecule has 0 saturated carbocycles. The second kappa shape index (κ2) is 17.6.